The predicted molar refractivity (Wildman–Crippen MR) is 73.8 cm³/mol. The first kappa shape index (κ1) is 12.7. The van der Waals surface area contributed by atoms with Crippen LogP contribution in [0, 0.1) is 5.41 Å². The van der Waals surface area contributed by atoms with Crippen LogP contribution in [0.15, 0.2) is 9.98 Å². The van der Waals surface area contributed by atoms with Gasteiger partial charge in [-0.25, -0.2) is 10.8 Å². The highest BCUT2D eigenvalue weighted by Crippen LogP contribution is 2.26. The molecule has 0 bridgehead atoms. The van der Waals surface area contributed by atoms with Gasteiger partial charge >= 0.3 is 0 Å². The van der Waals surface area contributed by atoms with E-state index >= 15 is 0 Å². The van der Waals surface area contributed by atoms with Crippen molar-refractivity contribution in [3.8, 4) is 0 Å². The lowest BCUT2D eigenvalue weighted by molar-refractivity contribution is 0.363. The summed E-state index contributed by atoms with van der Waals surface area (Å²) in [5.41, 5.74) is -0.155. The Labute approximate surface area is 107 Å². The van der Waals surface area contributed by atoms with Crippen molar-refractivity contribution in [3.63, 3.8) is 0 Å². The largest absolute Gasteiger partial charge is 0.352 e. The van der Waals surface area contributed by atoms with Crippen LogP contribution >= 0.6 is 11.8 Å². The maximum atomic E-state index is 6.08. The summed E-state index contributed by atoms with van der Waals surface area (Å²) in [5.74, 6) is 7.69. The fourth-order valence-corrected chi connectivity index (χ4v) is 2.19. The van der Waals surface area contributed by atoms with Gasteiger partial charge in [0, 0.05) is 11.5 Å². The van der Waals surface area contributed by atoms with Gasteiger partial charge in [0.05, 0.1) is 0 Å². The zero-order valence-corrected chi connectivity index (χ0v) is 11.7. The Bertz CT molecular complexity index is 353. The van der Waals surface area contributed by atoms with Gasteiger partial charge in [0.1, 0.15) is 5.84 Å². The van der Waals surface area contributed by atoms with Gasteiger partial charge in [0.25, 0.3) is 0 Å². The summed E-state index contributed by atoms with van der Waals surface area (Å²) < 4.78 is 0. The van der Waals surface area contributed by atoms with Crippen molar-refractivity contribution in [2.45, 2.75) is 45.2 Å². The quantitative estimate of drug-likeness (QED) is 0.732. The minimum atomic E-state index is -0.0806. The summed E-state index contributed by atoms with van der Waals surface area (Å²) in [6.45, 7) is 6.34. The van der Waals surface area contributed by atoms with E-state index in [-0.39, 0.29) is 10.9 Å². The van der Waals surface area contributed by atoms with Crippen LogP contribution in [0.25, 0.3) is 0 Å². The number of hydrogen-bond donors (Lipinski definition) is 2. The highest BCUT2D eigenvalue weighted by atomic mass is 32.2. The summed E-state index contributed by atoms with van der Waals surface area (Å²) in [6.07, 6.45) is 4.44. The number of hydrazine groups is 1. The topological polar surface area (TPSA) is 66.0 Å². The minimum Gasteiger partial charge on any atom is -0.352 e. The smallest absolute Gasteiger partial charge is 0.222 e. The number of thioether (sulfide) groups is 1. The van der Waals surface area contributed by atoms with E-state index < -0.39 is 0 Å². The Morgan fingerprint density at radius 1 is 1.41 bits per heavy atom. The van der Waals surface area contributed by atoms with E-state index in [1.165, 1.54) is 12.8 Å². The van der Waals surface area contributed by atoms with Crippen molar-refractivity contribution in [3.05, 3.63) is 0 Å². The van der Waals surface area contributed by atoms with Crippen molar-refractivity contribution in [1.82, 2.24) is 10.3 Å². The van der Waals surface area contributed by atoms with Crippen LogP contribution in [0.5, 0.6) is 0 Å². The molecule has 2 aliphatic rings. The Hall–Kier alpha value is -0.750. The molecule has 1 atom stereocenters. The Balaban J connectivity index is 2.22. The molecular weight excluding hydrogens is 234 g/mol. The van der Waals surface area contributed by atoms with Gasteiger partial charge in [-0.05, 0) is 19.1 Å². The molecular formula is C11H21N5S. The molecule has 96 valence electrons. The molecule has 1 heterocycles. The van der Waals surface area contributed by atoms with E-state index in [1.54, 1.807) is 16.8 Å². The van der Waals surface area contributed by atoms with E-state index in [2.05, 4.69) is 36.1 Å². The molecule has 2 rings (SSSR count). The highest BCUT2D eigenvalue weighted by Gasteiger charge is 2.33. The van der Waals surface area contributed by atoms with Crippen LogP contribution in [0.2, 0.25) is 0 Å². The zero-order chi connectivity index (χ0) is 12.6. The molecule has 1 aliphatic heterocycles. The monoisotopic (exact) mass is 255 g/mol. The van der Waals surface area contributed by atoms with Crippen molar-refractivity contribution < 1.29 is 0 Å². The first-order chi connectivity index (χ1) is 7.91. The van der Waals surface area contributed by atoms with Gasteiger partial charge < -0.3 is 5.32 Å². The first-order valence-corrected chi connectivity index (χ1v) is 7.21. The van der Waals surface area contributed by atoms with Crippen LogP contribution in [-0.2, 0) is 0 Å². The van der Waals surface area contributed by atoms with Crippen LogP contribution in [0.1, 0.15) is 33.6 Å². The number of rotatable bonds is 2. The SMILES string of the molecule is CSC1N=C(NC2CC2)N=C(C(C)(C)C)N1N. The number of aliphatic imine (C=N–C) groups is 2. The van der Waals surface area contributed by atoms with E-state index in [4.69, 9.17) is 5.84 Å². The second-order valence-electron chi connectivity index (χ2n) is 5.53. The molecule has 0 aromatic rings. The highest BCUT2D eigenvalue weighted by molar-refractivity contribution is 7.99. The molecule has 1 unspecified atom stereocenters. The zero-order valence-electron chi connectivity index (χ0n) is 10.9. The van der Waals surface area contributed by atoms with E-state index in [9.17, 15) is 0 Å². The lowest BCUT2D eigenvalue weighted by Gasteiger charge is -2.35. The summed E-state index contributed by atoms with van der Waals surface area (Å²) in [5, 5.41) is 5.02. The summed E-state index contributed by atoms with van der Waals surface area (Å²) >= 11 is 1.62. The third-order valence-corrected chi connectivity index (χ3v) is 3.47. The number of nitrogens with zero attached hydrogens (tertiary/aromatic N) is 3. The van der Waals surface area contributed by atoms with Crippen molar-refractivity contribution in [2.24, 2.45) is 21.2 Å². The van der Waals surface area contributed by atoms with Crippen molar-refractivity contribution in [1.29, 1.82) is 0 Å². The average Bonchev–Trinajstić information content (AvgIpc) is 3.02. The normalized spacial score (nSPS) is 25.5. The molecule has 1 saturated carbocycles. The van der Waals surface area contributed by atoms with Gasteiger partial charge in [-0.15, -0.1) is 11.8 Å². The molecule has 17 heavy (non-hydrogen) atoms. The van der Waals surface area contributed by atoms with Crippen molar-refractivity contribution >= 4 is 23.6 Å². The molecule has 0 radical (unpaired) electrons. The predicted octanol–water partition coefficient (Wildman–Crippen LogP) is 1.37. The average molecular weight is 255 g/mol. The second kappa shape index (κ2) is 4.49. The number of hydrogen-bond acceptors (Lipinski definition) is 6. The summed E-state index contributed by atoms with van der Waals surface area (Å²) in [4.78, 5) is 9.06. The number of amidine groups is 1. The van der Waals surface area contributed by atoms with Gasteiger partial charge in [-0.1, -0.05) is 20.8 Å². The van der Waals surface area contributed by atoms with Crippen LogP contribution in [-0.4, -0.2) is 34.6 Å². The third-order valence-electron chi connectivity index (χ3n) is 2.72. The first-order valence-electron chi connectivity index (χ1n) is 5.92. The molecule has 1 aliphatic carbocycles. The third kappa shape index (κ3) is 2.93. The Kier molecular flexibility index (Phi) is 3.36. The molecule has 5 nitrogen and oxygen atoms in total. The maximum Gasteiger partial charge on any atom is 0.222 e. The fraction of sp³-hybridized carbons (Fsp3) is 0.818. The Morgan fingerprint density at radius 2 is 2.06 bits per heavy atom. The summed E-state index contributed by atoms with van der Waals surface area (Å²) in [6, 6.07) is 0.561. The van der Waals surface area contributed by atoms with Gasteiger partial charge in [-0.3, -0.25) is 5.01 Å². The Morgan fingerprint density at radius 3 is 2.53 bits per heavy atom. The number of nitrogens with two attached hydrogens (primary N) is 1. The number of guanidine groups is 1. The maximum absolute atomic E-state index is 6.08. The molecule has 0 spiro atoms. The van der Waals surface area contributed by atoms with Crippen LogP contribution in [0.3, 0.4) is 0 Å². The lowest BCUT2D eigenvalue weighted by atomic mass is 9.94. The van der Waals surface area contributed by atoms with Gasteiger partial charge in [0.2, 0.25) is 5.96 Å². The molecule has 6 heteroatoms. The molecule has 0 saturated heterocycles. The van der Waals surface area contributed by atoms with Crippen LogP contribution in [0.4, 0.5) is 0 Å². The van der Waals surface area contributed by atoms with Crippen molar-refractivity contribution in [2.75, 3.05) is 6.26 Å². The second-order valence-corrected chi connectivity index (χ2v) is 6.42. The number of nitrogens with one attached hydrogen (secondary N) is 1. The lowest BCUT2D eigenvalue weighted by Crippen LogP contribution is -2.52. The minimum absolute atomic E-state index is 0.0743. The van der Waals surface area contributed by atoms with E-state index in [0.29, 0.717) is 6.04 Å². The molecule has 0 aromatic carbocycles. The standard InChI is InChI=1S/C11H21N5S/c1-11(2,3)8-14-9(13-7-5-6-7)15-10(17-4)16(8)12/h7,10H,5-6,12H2,1-4H3,(H,13,15). The van der Waals surface area contributed by atoms with E-state index in [0.717, 1.165) is 11.8 Å². The van der Waals surface area contributed by atoms with Gasteiger partial charge in [-0.2, -0.15) is 4.99 Å². The van der Waals surface area contributed by atoms with Crippen LogP contribution < -0.4 is 11.2 Å². The molecule has 0 amide bonds. The summed E-state index contributed by atoms with van der Waals surface area (Å²) in [7, 11) is 0. The molecule has 0 aromatic heterocycles. The fourth-order valence-electron chi connectivity index (χ4n) is 1.66. The van der Waals surface area contributed by atoms with E-state index in [1.807, 2.05) is 6.26 Å². The van der Waals surface area contributed by atoms with Gasteiger partial charge in [0.15, 0.2) is 5.50 Å². The molecule has 3 N–H and O–H groups in total. The molecule has 1 fully saturated rings.